The maximum Gasteiger partial charge on any atom is 0.423 e. The summed E-state index contributed by atoms with van der Waals surface area (Å²) >= 11 is 0. The summed E-state index contributed by atoms with van der Waals surface area (Å²) in [5, 5.41) is 44.5. The Morgan fingerprint density at radius 3 is 1.21 bits per heavy atom. The van der Waals surface area contributed by atoms with E-state index in [1.165, 1.54) is 0 Å². The summed E-state index contributed by atoms with van der Waals surface area (Å²) in [4.78, 5) is 64.8. The molecule has 0 fully saturated rings. The largest absolute Gasteiger partial charge is 0.423 e. The highest BCUT2D eigenvalue weighted by atomic mass is 16.7. The molecule has 2 aromatic carbocycles. The molecule has 0 spiro atoms. The molecule has 0 radical (unpaired) electrons. The van der Waals surface area contributed by atoms with Crippen LogP contribution in [0.15, 0.2) is 24.3 Å². The second-order valence-electron chi connectivity index (χ2n) is 6.12. The van der Waals surface area contributed by atoms with Crippen LogP contribution in [0.2, 0.25) is 0 Å². The number of non-ortho nitro benzene ring substituents is 2. The zero-order chi connectivity index (χ0) is 25.7. The quantitative estimate of drug-likeness (QED) is 0.173. The summed E-state index contributed by atoms with van der Waals surface area (Å²) in [6.07, 6.45) is 0. The van der Waals surface area contributed by atoms with Crippen LogP contribution in [0, 0.1) is 40.5 Å². The summed E-state index contributed by atoms with van der Waals surface area (Å²) < 4.78 is 9.33. The van der Waals surface area contributed by atoms with Crippen molar-refractivity contribution in [2.45, 2.75) is 13.1 Å². The molecule has 0 aliphatic heterocycles. The van der Waals surface area contributed by atoms with E-state index in [2.05, 4.69) is 9.47 Å². The van der Waals surface area contributed by atoms with Gasteiger partial charge in [-0.25, -0.2) is 9.59 Å². The van der Waals surface area contributed by atoms with Crippen molar-refractivity contribution in [1.82, 2.24) is 0 Å². The third-order valence-electron chi connectivity index (χ3n) is 4.07. The molecule has 0 atom stereocenters. The van der Waals surface area contributed by atoms with E-state index in [0.29, 0.717) is 12.1 Å². The highest BCUT2D eigenvalue weighted by Gasteiger charge is 2.33. The van der Waals surface area contributed by atoms with Crippen LogP contribution < -0.4 is 20.9 Å². The van der Waals surface area contributed by atoms with Crippen molar-refractivity contribution in [2.24, 2.45) is 11.5 Å². The van der Waals surface area contributed by atoms with Crippen molar-refractivity contribution in [3.63, 3.8) is 0 Å². The number of esters is 2. The Bertz CT molecular complexity index is 1150. The standard InChI is InChI=1S/C16H12N6O12/c17-5-7-1-9(19(25)26)3-11(21(29)30)13(7)33-15(23)16(24)34-14-8(6-18)2-10(20(27)28)4-12(14)22(31)32/h1-4H,5-6,17-18H2. The van der Waals surface area contributed by atoms with Gasteiger partial charge < -0.3 is 20.9 Å². The number of ether oxygens (including phenoxy) is 2. The third-order valence-corrected chi connectivity index (χ3v) is 4.07. The van der Waals surface area contributed by atoms with Crippen molar-refractivity contribution in [3.05, 3.63) is 75.8 Å². The SMILES string of the molecule is NCc1cc([N+](=O)[O-])cc([N+](=O)[O-])c1OC(=O)C(=O)Oc1c(CN)cc([N+](=O)[O-])cc1[N+](=O)[O-]. The Labute approximate surface area is 186 Å². The molecular formula is C16H12N6O12. The second kappa shape index (κ2) is 10.0. The van der Waals surface area contributed by atoms with Crippen molar-refractivity contribution in [3.8, 4) is 11.5 Å². The average molecular weight is 480 g/mol. The van der Waals surface area contributed by atoms with Gasteiger partial charge in [-0.05, 0) is 0 Å². The molecule has 0 heterocycles. The molecule has 0 bridgehead atoms. The zero-order valence-corrected chi connectivity index (χ0v) is 16.6. The fourth-order valence-electron chi connectivity index (χ4n) is 2.60. The molecule has 0 aromatic heterocycles. The number of nitrogens with zero attached hydrogens (tertiary/aromatic N) is 4. The Hall–Kier alpha value is -5.10. The van der Waals surface area contributed by atoms with Gasteiger partial charge in [0.2, 0.25) is 11.5 Å². The number of rotatable bonds is 8. The third kappa shape index (κ3) is 5.20. The smallest absolute Gasteiger partial charge is 0.410 e. The lowest BCUT2D eigenvalue weighted by molar-refractivity contribution is -0.395. The molecule has 0 aliphatic rings. The first kappa shape index (κ1) is 25.2. The Balaban J connectivity index is 2.47. The number of carbonyl (C=O) groups is 2. The first-order valence-corrected chi connectivity index (χ1v) is 8.66. The Kier molecular flexibility index (Phi) is 7.41. The number of nitro groups is 4. The topological polar surface area (TPSA) is 277 Å². The molecule has 2 rings (SSSR count). The lowest BCUT2D eigenvalue weighted by Crippen LogP contribution is -2.27. The van der Waals surface area contributed by atoms with E-state index in [1.807, 2.05) is 0 Å². The van der Waals surface area contributed by atoms with Crippen molar-refractivity contribution in [1.29, 1.82) is 0 Å². The van der Waals surface area contributed by atoms with E-state index in [-0.39, 0.29) is 11.1 Å². The van der Waals surface area contributed by atoms with E-state index in [0.717, 1.165) is 12.1 Å². The van der Waals surface area contributed by atoms with Crippen molar-refractivity contribution >= 4 is 34.7 Å². The molecule has 0 saturated carbocycles. The Morgan fingerprint density at radius 2 is 0.971 bits per heavy atom. The minimum atomic E-state index is -1.91. The summed E-state index contributed by atoms with van der Waals surface area (Å²) in [5.41, 5.74) is 6.40. The zero-order valence-electron chi connectivity index (χ0n) is 16.6. The van der Waals surface area contributed by atoms with Crippen LogP contribution in [0.25, 0.3) is 0 Å². The number of hydrogen-bond donors (Lipinski definition) is 2. The highest BCUT2D eigenvalue weighted by Crippen LogP contribution is 2.37. The molecule has 4 N–H and O–H groups in total. The minimum absolute atomic E-state index is 0.383. The van der Waals surface area contributed by atoms with Gasteiger partial charge in [0.05, 0.1) is 31.8 Å². The van der Waals surface area contributed by atoms with Gasteiger partial charge in [0, 0.05) is 36.3 Å². The van der Waals surface area contributed by atoms with Crippen LogP contribution in [0.1, 0.15) is 11.1 Å². The highest BCUT2D eigenvalue weighted by molar-refractivity contribution is 6.31. The maximum atomic E-state index is 12.2. The van der Waals surface area contributed by atoms with E-state index < -0.39 is 79.0 Å². The number of nitrogens with two attached hydrogens (primary N) is 2. The molecule has 34 heavy (non-hydrogen) atoms. The van der Waals surface area contributed by atoms with E-state index in [9.17, 15) is 50.0 Å². The normalized spacial score (nSPS) is 10.3. The summed E-state index contributed by atoms with van der Waals surface area (Å²) in [6, 6.07) is 2.46. The van der Waals surface area contributed by atoms with Crippen LogP contribution in [0.5, 0.6) is 11.5 Å². The van der Waals surface area contributed by atoms with Crippen LogP contribution in [-0.4, -0.2) is 31.6 Å². The van der Waals surface area contributed by atoms with Crippen LogP contribution in [-0.2, 0) is 22.7 Å². The molecule has 0 aliphatic carbocycles. The lowest BCUT2D eigenvalue weighted by atomic mass is 10.1. The summed E-state index contributed by atoms with van der Waals surface area (Å²) in [5.74, 6) is -5.61. The number of carbonyl (C=O) groups excluding carboxylic acids is 2. The fourth-order valence-corrected chi connectivity index (χ4v) is 2.60. The van der Waals surface area contributed by atoms with E-state index >= 15 is 0 Å². The molecule has 0 unspecified atom stereocenters. The second-order valence-corrected chi connectivity index (χ2v) is 6.12. The van der Waals surface area contributed by atoms with Crippen LogP contribution in [0.3, 0.4) is 0 Å². The van der Waals surface area contributed by atoms with Crippen LogP contribution >= 0.6 is 0 Å². The lowest BCUT2D eigenvalue weighted by Gasteiger charge is -2.11. The van der Waals surface area contributed by atoms with E-state index in [1.54, 1.807) is 0 Å². The predicted octanol–water partition coefficient (Wildman–Crippen LogP) is 0.748. The van der Waals surface area contributed by atoms with Gasteiger partial charge in [-0.1, -0.05) is 0 Å². The van der Waals surface area contributed by atoms with Gasteiger partial charge in [0.25, 0.3) is 11.4 Å². The molecule has 0 amide bonds. The van der Waals surface area contributed by atoms with Gasteiger partial charge in [0.1, 0.15) is 0 Å². The van der Waals surface area contributed by atoms with E-state index in [4.69, 9.17) is 11.5 Å². The Morgan fingerprint density at radius 1 is 0.647 bits per heavy atom. The van der Waals surface area contributed by atoms with Gasteiger partial charge >= 0.3 is 23.3 Å². The first-order chi connectivity index (χ1) is 15.9. The van der Waals surface area contributed by atoms with Gasteiger partial charge in [0.15, 0.2) is 0 Å². The van der Waals surface area contributed by atoms with Gasteiger partial charge in [-0.2, -0.15) is 0 Å². The summed E-state index contributed by atoms with van der Waals surface area (Å²) in [6.45, 7) is -1.16. The molecule has 18 heteroatoms. The summed E-state index contributed by atoms with van der Waals surface area (Å²) in [7, 11) is 0. The van der Waals surface area contributed by atoms with Gasteiger partial charge in [-0.15, -0.1) is 0 Å². The number of hydrogen-bond acceptors (Lipinski definition) is 14. The van der Waals surface area contributed by atoms with Crippen molar-refractivity contribution < 1.29 is 38.8 Å². The van der Waals surface area contributed by atoms with Gasteiger partial charge in [-0.3, -0.25) is 40.5 Å². The molecule has 178 valence electrons. The first-order valence-electron chi connectivity index (χ1n) is 8.66. The number of benzene rings is 2. The monoisotopic (exact) mass is 480 g/mol. The maximum absolute atomic E-state index is 12.2. The predicted molar refractivity (Wildman–Crippen MR) is 107 cm³/mol. The average Bonchev–Trinajstić information content (AvgIpc) is 2.78. The van der Waals surface area contributed by atoms with Crippen LogP contribution in [0.4, 0.5) is 22.7 Å². The molecular weight excluding hydrogens is 468 g/mol. The fraction of sp³-hybridized carbons (Fsp3) is 0.125. The molecule has 0 saturated heterocycles. The van der Waals surface area contributed by atoms with Crippen molar-refractivity contribution in [2.75, 3.05) is 0 Å². The minimum Gasteiger partial charge on any atom is -0.410 e. The molecule has 2 aromatic rings. The molecule has 18 nitrogen and oxygen atoms in total. The number of nitro benzene ring substituents is 4.